The topological polar surface area (TPSA) is 97.0 Å². The number of ether oxygens (including phenoxy) is 2. The van der Waals surface area contributed by atoms with Crippen LogP contribution in [0.15, 0.2) is 54.6 Å². The summed E-state index contributed by atoms with van der Waals surface area (Å²) < 4.78 is 10.3. The van der Waals surface area contributed by atoms with Crippen molar-refractivity contribution in [1.29, 1.82) is 0 Å². The maximum Gasteiger partial charge on any atom is 0.319 e. The van der Waals surface area contributed by atoms with E-state index in [1.807, 2.05) is 30.3 Å². The van der Waals surface area contributed by atoms with Gasteiger partial charge in [-0.2, -0.15) is 0 Å². The van der Waals surface area contributed by atoms with Gasteiger partial charge in [0, 0.05) is 31.3 Å². The van der Waals surface area contributed by atoms with E-state index in [0.717, 1.165) is 5.56 Å². The predicted molar refractivity (Wildman–Crippen MR) is 125 cm³/mol. The first-order valence-corrected chi connectivity index (χ1v) is 11.2. The zero-order valence-electron chi connectivity index (χ0n) is 19.1. The van der Waals surface area contributed by atoms with E-state index in [1.165, 1.54) is 0 Å². The van der Waals surface area contributed by atoms with Crippen LogP contribution in [0, 0.1) is 5.92 Å². The maximum atomic E-state index is 13.3. The Morgan fingerprint density at radius 1 is 1.06 bits per heavy atom. The number of benzene rings is 2. The van der Waals surface area contributed by atoms with Crippen LogP contribution in [0.2, 0.25) is 0 Å². The molecule has 1 heterocycles. The summed E-state index contributed by atoms with van der Waals surface area (Å²) in [6.45, 7) is 3.04. The van der Waals surface area contributed by atoms with Crippen molar-refractivity contribution in [2.24, 2.45) is 5.92 Å². The quantitative estimate of drug-likeness (QED) is 0.598. The van der Waals surface area contributed by atoms with Gasteiger partial charge in [-0.05, 0) is 37.5 Å². The molecule has 176 valence electrons. The van der Waals surface area contributed by atoms with Crippen molar-refractivity contribution < 1.29 is 23.9 Å². The minimum Gasteiger partial charge on any atom is -0.497 e. The predicted octanol–water partition coefficient (Wildman–Crippen LogP) is 3.23. The summed E-state index contributed by atoms with van der Waals surface area (Å²) in [4.78, 5) is 39.8. The number of piperidine rings is 1. The SMILES string of the molecule is CCOC(=O)C1CCN(C(=O)C(Cc2ccccc2)NC(=O)Nc2cccc(OC)c2)CC1. The van der Waals surface area contributed by atoms with Crippen molar-refractivity contribution in [1.82, 2.24) is 10.2 Å². The molecule has 1 fully saturated rings. The number of hydrogen-bond donors (Lipinski definition) is 2. The van der Waals surface area contributed by atoms with E-state index < -0.39 is 12.1 Å². The number of methoxy groups -OCH3 is 1. The Bertz CT molecular complexity index is 942. The van der Waals surface area contributed by atoms with Crippen molar-refractivity contribution in [2.75, 3.05) is 32.1 Å². The standard InChI is InChI=1S/C25H31N3O5/c1-3-33-24(30)19-12-14-28(15-13-19)23(29)22(16-18-8-5-4-6-9-18)27-25(31)26-20-10-7-11-21(17-20)32-2/h4-11,17,19,22H,3,12-16H2,1-2H3,(H2,26,27,31). The zero-order valence-corrected chi connectivity index (χ0v) is 19.1. The number of nitrogens with one attached hydrogen (secondary N) is 2. The number of carbonyl (C=O) groups is 3. The van der Waals surface area contributed by atoms with Crippen molar-refractivity contribution in [2.45, 2.75) is 32.2 Å². The first kappa shape index (κ1) is 24.1. The summed E-state index contributed by atoms with van der Waals surface area (Å²) in [7, 11) is 1.55. The van der Waals surface area contributed by atoms with Gasteiger partial charge in [-0.3, -0.25) is 9.59 Å². The highest BCUT2D eigenvalue weighted by Crippen LogP contribution is 2.20. The third-order valence-electron chi connectivity index (χ3n) is 5.64. The van der Waals surface area contributed by atoms with Gasteiger partial charge in [0.1, 0.15) is 11.8 Å². The zero-order chi connectivity index (χ0) is 23.6. The highest BCUT2D eigenvalue weighted by atomic mass is 16.5. The molecule has 3 amide bonds. The molecular weight excluding hydrogens is 422 g/mol. The number of likely N-dealkylation sites (tertiary alicyclic amines) is 1. The van der Waals surface area contributed by atoms with Crippen LogP contribution < -0.4 is 15.4 Å². The fraction of sp³-hybridized carbons (Fsp3) is 0.400. The normalized spacial score (nSPS) is 14.8. The van der Waals surface area contributed by atoms with Crippen LogP contribution in [0.4, 0.5) is 10.5 Å². The summed E-state index contributed by atoms with van der Waals surface area (Å²) in [5, 5.41) is 5.59. The Balaban J connectivity index is 1.66. The van der Waals surface area contributed by atoms with E-state index in [-0.39, 0.29) is 17.8 Å². The second kappa shape index (κ2) is 11.9. The Labute approximate surface area is 194 Å². The Morgan fingerprint density at radius 3 is 2.45 bits per heavy atom. The van der Waals surface area contributed by atoms with Crippen LogP contribution in [0.5, 0.6) is 5.75 Å². The molecule has 2 N–H and O–H groups in total. The van der Waals surface area contributed by atoms with Gasteiger partial charge in [-0.25, -0.2) is 4.79 Å². The second-order valence-electron chi connectivity index (χ2n) is 7.92. The lowest BCUT2D eigenvalue weighted by molar-refractivity contribution is -0.151. The van der Waals surface area contributed by atoms with E-state index >= 15 is 0 Å². The van der Waals surface area contributed by atoms with Crippen molar-refractivity contribution in [3.63, 3.8) is 0 Å². The van der Waals surface area contributed by atoms with Gasteiger partial charge in [0.2, 0.25) is 5.91 Å². The largest absolute Gasteiger partial charge is 0.497 e. The number of hydrogen-bond acceptors (Lipinski definition) is 5. The summed E-state index contributed by atoms with van der Waals surface area (Å²) in [6.07, 6.45) is 1.47. The van der Waals surface area contributed by atoms with E-state index in [1.54, 1.807) is 43.2 Å². The van der Waals surface area contributed by atoms with E-state index in [4.69, 9.17) is 9.47 Å². The fourth-order valence-electron chi connectivity index (χ4n) is 3.89. The Morgan fingerprint density at radius 2 is 1.79 bits per heavy atom. The lowest BCUT2D eigenvalue weighted by Gasteiger charge is -2.33. The van der Waals surface area contributed by atoms with Gasteiger partial charge in [0.25, 0.3) is 0 Å². The van der Waals surface area contributed by atoms with Gasteiger partial charge >= 0.3 is 12.0 Å². The molecule has 8 heteroatoms. The number of nitrogens with zero attached hydrogens (tertiary/aromatic N) is 1. The molecule has 8 nitrogen and oxygen atoms in total. The summed E-state index contributed by atoms with van der Waals surface area (Å²) in [5.74, 6) is 0.0586. The number of anilines is 1. The average Bonchev–Trinajstić information content (AvgIpc) is 2.84. The Hall–Kier alpha value is -3.55. The number of esters is 1. The summed E-state index contributed by atoms with van der Waals surface area (Å²) >= 11 is 0. The first-order valence-electron chi connectivity index (χ1n) is 11.2. The minimum absolute atomic E-state index is 0.165. The highest BCUT2D eigenvalue weighted by Gasteiger charge is 2.32. The number of carbonyl (C=O) groups excluding carboxylic acids is 3. The lowest BCUT2D eigenvalue weighted by atomic mass is 9.96. The fourth-order valence-corrected chi connectivity index (χ4v) is 3.89. The van der Waals surface area contributed by atoms with Crippen LogP contribution in [0.3, 0.4) is 0 Å². The molecule has 1 atom stereocenters. The third-order valence-corrected chi connectivity index (χ3v) is 5.64. The van der Waals surface area contributed by atoms with Gasteiger partial charge in [0.05, 0.1) is 19.6 Å². The molecule has 0 spiro atoms. The maximum absolute atomic E-state index is 13.3. The smallest absolute Gasteiger partial charge is 0.319 e. The molecule has 0 aromatic heterocycles. The molecule has 1 aliphatic rings. The molecule has 1 unspecified atom stereocenters. The average molecular weight is 454 g/mol. The van der Waals surface area contributed by atoms with Crippen LogP contribution >= 0.6 is 0 Å². The molecule has 0 saturated carbocycles. The minimum atomic E-state index is -0.739. The summed E-state index contributed by atoms with van der Waals surface area (Å²) in [5.41, 5.74) is 1.51. The first-order chi connectivity index (χ1) is 16.0. The molecule has 3 rings (SSSR count). The van der Waals surface area contributed by atoms with Gasteiger partial charge in [-0.15, -0.1) is 0 Å². The third kappa shape index (κ3) is 6.97. The molecule has 0 radical (unpaired) electrons. The van der Waals surface area contributed by atoms with Gasteiger partial charge < -0.3 is 25.0 Å². The molecule has 0 bridgehead atoms. The van der Waals surface area contributed by atoms with Crippen LogP contribution in [0.1, 0.15) is 25.3 Å². The Kier molecular flexibility index (Phi) is 8.69. The van der Waals surface area contributed by atoms with Gasteiger partial charge in [-0.1, -0.05) is 36.4 Å². The molecule has 1 saturated heterocycles. The number of amides is 3. The monoisotopic (exact) mass is 453 g/mol. The molecule has 2 aromatic carbocycles. The van der Waals surface area contributed by atoms with Crippen molar-refractivity contribution in [3.05, 3.63) is 60.2 Å². The molecule has 33 heavy (non-hydrogen) atoms. The molecule has 0 aliphatic carbocycles. The summed E-state index contributed by atoms with van der Waals surface area (Å²) in [6, 6.07) is 15.4. The number of rotatable bonds is 8. The van der Waals surface area contributed by atoms with E-state index in [0.29, 0.717) is 50.4 Å². The molecular formula is C25H31N3O5. The van der Waals surface area contributed by atoms with Crippen molar-refractivity contribution in [3.8, 4) is 5.75 Å². The van der Waals surface area contributed by atoms with Crippen molar-refractivity contribution >= 4 is 23.6 Å². The van der Waals surface area contributed by atoms with Crippen LogP contribution in [-0.4, -0.2) is 55.7 Å². The second-order valence-corrected chi connectivity index (χ2v) is 7.92. The highest BCUT2D eigenvalue weighted by molar-refractivity contribution is 5.94. The van der Waals surface area contributed by atoms with Crippen LogP contribution in [-0.2, 0) is 20.7 Å². The lowest BCUT2D eigenvalue weighted by Crippen LogP contribution is -2.53. The van der Waals surface area contributed by atoms with Gasteiger partial charge in [0.15, 0.2) is 0 Å². The molecule has 2 aromatic rings. The number of urea groups is 1. The molecule has 1 aliphatic heterocycles. The van der Waals surface area contributed by atoms with E-state index in [9.17, 15) is 14.4 Å². The van der Waals surface area contributed by atoms with E-state index in [2.05, 4.69) is 10.6 Å². The van der Waals surface area contributed by atoms with Crippen LogP contribution in [0.25, 0.3) is 0 Å².